The number of nitrogens with one attached hydrogen (secondary N) is 1. The Kier molecular flexibility index (Phi) is 2.74. The number of carbonyl (C=O) groups is 1. The van der Waals surface area contributed by atoms with Crippen molar-refractivity contribution in [3.63, 3.8) is 0 Å². The molecule has 0 aliphatic carbocycles. The number of carbonyl (C=O) groups excluding carboxylic acids is 1. The zero-order valence-electron chi connectivity index (χ0n) is 10.3. The van der Waals surface area contributed by atoms with E-state index < -0.39 is 0 Å². The lowest BCUT2D eigenvalue weighted by Crippen LogP contribution is -2.30. The summed E-state index contributed by atoms with van der Waals surface area (Å²) in [4.78, 5) is 12.2. The van der Waals surface area contributed by atoms with E-state index in [0.29, 0.717) is 5.69 Å². The Balaban J connectivity index is 1.75. The molecule has 0 unspecified atom stereocenters. The lowest BCUT2D eigenvalue weighted by atomic mass is 9.88. The van der Waals surface area contributed by atoms with Crippen molar-refractivity contribution in [3.05, 3.63) is 23.8 Å². The van der Waals surface area contributed by atoms with Crippen LogP contribution in [0.5, 0.6) is 5.75 Å². The van der Waals surface area contributed by atoms with E-state index >= 15 is 0 Å². The average molecular weight is 247 g/mol. The predicted octanol–water partition coefficient (Wildman–Crippen LogP) is 2.21. The van der Waals surface area contributed by atoms with Gasteiger partial charge in [0, 0.05) is 0 Å². The molecule has 1 aromatic rings. The molecule has 4 heteroatoms. The number of phenolic OH excluding ortho intramolecular Hbond substituents is 1. The quantitative estimate of drug-likeness (QED) is 0.788. The van der Waals surface area contributed by atoms with Crippen LogP contribution in [0.15, 0.2) is 18.2 Å². The van der Waals surface area contributed by atoms with Crippen LogP contribution in [0.25, 0.3) is 0 Å². The zero-order chi connectivity index (χ0) is 12.7. The summed E-state index contributed by atoms with van der Waals surface area (Å²) in [5.41, 5.74) is 1.39. The summed E-state index contributed by atoms with van der Waals surface area (Å²) in [6.45, 7) is 1.87. The predicted molar refractivity (Wildman–Crippen MR) is 67.5 cm³/mol. The average Bonchev–Trinajstić information content (AvgIpc) is 2.96. The molecular formula is C14H17NO3. The zero-order valence-corrected chi connectivity index (χ0v) is 10.3. The molecule has 96 valence electrons. The summed E-state index contributed by atoms with van der Waals surface area (Å²) in [5.74, 6) is 0.0157. The molecule has 2 N–H and O–H groups in total. The molecule has 3 atom stereocenters. The molecule has 2 aliphatic heterocycles. The maximum atomic E-state index is 12.2. The number of aromatic hydroxyl groups is 1. The maximum absolute atomic E-state index is 12.2. The molecular weight excluding hydrogens is 230 g/mol. The third kappa shape index (κ3) is 1.86. The Hall–Kier alpha value is -1.55. The van der Waals surface area contributed by atoms with Crippen molar-refractivity contribution in [2.45, 2.75) is 38.4 Å². The van der Waals surface area contributed by atoms with Gasteiger partial charge in [0.2, 0.25) is 5.91 Å². The number of rotatable bonds is 2. The van der Waals surface area contributed by atoms with E-state index in [-0.39, 0.29) is 29.8 Å². The van der Waals surface area contributed by atoms with E-state index in [9.17, 15) is 9.90 Å². The van der Waals surface area contributed by atoms with Crippen molar-refractivity contribution < 1.29 is 14.6 Å². The Morgan fingerprint density at radius 2 is 2.28 bits per heavy atom. The monoisotopic (exact) mass is 247 g/mol. The fourth-order valence-corrected chi connectivity index (χ4v) is 2.94. The maximum Gasteiger partial charge on any atom is 0.230 e. The molecule has 1 aromatic carbocycles. The number of hydrogen-bond acceptors (Lipinski definition) is 3. The molecule has 0 spiro atoms. The molecule has 2 bridgehead atoms. The first-order valence-electron chi connectivity index (χ1n) is 6.40. The minimum atomic E-state index is -0.0669. The summed E-state index contributed by atoms with van der Waals surface area (Å²) in [7, 11) is 0. The lowest BCUT2D eigenvalue weighted by molar-refractivity contribution is -0.121. The molecule has 4 nitrogen and oxygen atoms in total. The Morgan fingerprint density at radius 3 is 2.89 bits per heavy atom. The van der Waals surface area contributed by atoms with Gasteiger partial charge in [-0.3, -0.25) is 4.79 Å². The molecule has 2 aliphatic rings. The summed E-state index contributed by atoms with van der Waals surface area (Å²) in [5, 5.41) is 12.6. The van der Waals surface area contributed by atoms with Crippen LogP contribution in [0.2, 0.25) is 0 Å². The highest BCUT2D eigenvalue weighted by molar-refractivity contribution is 5.95. The van der Waals surface area contributed by atoms with Gasteiger partial charge in [0.1, 0.15) is 5.75 Å². The molecule has 1 amide bonds. The van der Waals surface area contributed by atoms with Gasteiger partial charge in [-0.05, 0) is 37.8 Å². The number of amides is 1. The number of ether oxygens (including phenoxy) is 1. The van der Waals surface area contributed by atoms with Crippen LogP contribution in [-0.2, 0) is 9.53 Å². The van der Waals surface area contributed by atoms with Crippen LogP contribution in [0.1, 0.15) is 24.8 Å². The molecule has 0 aromatic heterocycles. The first-order chi connectivity index (χ1) is 8.65. The minimum absolute atomic E-state index is 0.0354. The van der Waals surface area contributed by atoms with E-state index in [2.05, 4.69) is 5.32 Å². The first-order valence-corrected chi connectivity index (χ1v) is 6.40. The second-order valence-corrected chi connectivity index (χ2v) is 5.17. The molecule has 2 fully saturated rings. The van der Waals surface area contributed by atoms with Crippen molar-refractivity contribution in [3.8, 4) is 5.75 Å². The number of phenols is 1. The fraction of sp³-hybridized carbons (Fsp3) is 0.500. The summed E-state index contributed by atoms with van der Waals surface area (Å²) in [6.07, 6.45) is 3.19. The van der Waals surface area contributed by atoms with Crippen LogP contribution in [0.3, 0.4) is 0 Å². The molecule has 0 radical (unpaired) electrons. The Labute approximate surface area is 106 Å². The highest BCUT2D eigenvalue weighted by Gasteiger charge is 2.44. The van der Waals surface area contributed by atoms with Gasteiger partial charge < -0.3 is 15.2 Å². The number of hydrogen-bond donors (Lipinski definition) is 2. The molecule has 3 rings (SSSR count). The van der Waals surface area contributed by atoms with Gasteiger partial charge in [-0.25, -0.2) is 0 Å². The third-order valence-corrected chi connectivity index (χ3v) is 3.94. The van der Waals surface area contributed by atoms with E-state index in [1.54, 1.807) is 12.1 Å². The molecule has 2 heterocycles. The van der Waals surface area contributed by atoms with Crippen LogP contribution < -0.4 is 5.32 Å². The highest BCUT2D eigenvalue weighted by atomic mass is 16.5. The van der Waals surface area contributed by atoms with Crippen molar-refractivity contribution in [1.82, 2.24) is 0 Å². The van der Waals surface area contributed by atoms with Crippen molar-refractivity contribution in [2.75, 3.05) is 5.32 Å². The first kappa shape index (κ1) is 11.5. The fourth-order valence-electron chi connectivity index (χ4n) is 2.94. The number of para-hydroxylation sites is 1. The van der Waals surface area contributed by atoms with E-state index in [4.69, 9.17) is 4.74 Å². The largest absolute Gasteiger partial charge is 0.506 e. The summed E-state index contributed by atoms with van der Waals surface area (Å²) < 4.78 is 5.68. The van der Waals surface area contributed by atoms with Gasteiger partial charge in [0.15, 0.2) is 0 Å². The highest BCUT2D eigenvalue weighted by Crippen LogP contribution is 2.39. The SMILES string of the molecule is Cc1cccc(O)c1NC(=O)[C@H]1C[C@H]2CC[C@H]1O2. The van der Waals surface area contributed by atoms with E-state index in [1.165, 1.54) is 0 Å². The van der Waals surface area contributed by atoms with Gasteiger partial charge >= 0.3 is 0 Å². The molecule has 2 saturated heterocycles. The Bertz CT molecular complexity index is 466. The topological polar surface area (TPSA) is 58.6 Å². The summed E-state index contributed by atoms with van der Waals surface area (Å²) >= 11 is 0. The van der Waals surface area contributed by atoms with E-state index in [0.717, 1.165) is 24.8 Å². The lowest BCUT2D eigenvalue weighted by Gasteiger charge is -2.19. The minimum Gasteiger partial charge on any atom is -0.506 e. The number of fused-ring (bicyclic) bond motifs is 2. The smallest absolute Gasteiger partial charge is 0.230 e. The van der Waals surface area contributed by atoms with Crippen molar-refractivity contribution >= 4 is 11.6 Å². The molecule has 0 saturated carbocycles. The van der Waals surface area contributed by atoms with Crippen LogP contribution in [0.4, 0.5) is 5.69 Å². The number of benzene rings is 1. The van der Waals surface area contributed by atoms with Gasteiger partial charge in [-0.2, -0.15) is 0 Å². The number of anilines is 1. The van der Waals surface area contributed by atoms with Crippen molar-refractivity contribution in [2.24, 2.45) is 5.92 Å². The van der Waals surface area contributed by atoms with E-state index in [1.807, 2.05) is 13.0 Å². The van der Waals surface area contributed by atoms with Gasteiger partial charge in [0.05, 0.1) is 23.8 Å². The Morgan fingerprint density at radius 1 is 1.44 bits per heavy atom. The summed E-state index contributed by atoms with van der Waals surface area (Å²) in [6, 6.07) is 5.22. The third-order valence-electron chi connectivity index (χ3n) is 3.94. The second-order valence-electron chi connectivity index (χ2n) is 5.17. The van der Waals surface area contributed by atoms with Crippen LogP contribution in [0, 0.1) is 12.8 Å². The van der Waals surface area contributed by atoms with Crippen LogP contribution in [-0.4, -0.2) is 23.2 Å². The molecule has 18 heavy (non-hydrogen) atoms. The normalized spacial score (nSPS) is 29.5. The van der Waals surface area contributed by atoms with Gasteiger partial charge in [-0.15, -0.1) is 0 Å². The van der Waals surface area contributed by atoms with Gasteiger partial charge in [0.25, 0.3) is 0 Å². The second kappa shape index (κ2) is 4.28. The van der Waals surface area contributed by atoms with Crippen molar-refractivity contribution in [1.29, 1.82) is 0 Å². The van der Waals surface area contributed by atoms with Gasteiger partial charge in [-0.1, -0.05) is 12.1 Å². The standard InChI is InChI=1S/C14H17NO3/c1-8-3-2-4-11(16)13(8)15-14(17)10-7-9-5-6-12(10)18-9/h2-4,9-10,12,16H,5-7H2,1H3,(H,15,17)/t9-,10+,12-/m1/s1. The number of aryl methyl sites for hydroxylation is 1. The van der Waals surface area contributed by atoms with Crippen LogP contribution >= 0.6 is 0 Å².